The standard InChI is InChI=1S/C18H15ClN2O4/c1-25-16-5-2-10(6-15(16)22)8-20-9-14-13-7-11(19)3-4-12(13)17(23)21-18(14)24/h2-7,9,20,22H,8H2,1H3,(H,21,23,24)/b14-9-. The lowest BCUT2D eigenvalue weighted by Crippen LogP contribution is -2.37. The third kappa shape index (κ3) is 3.44. The Labute approximate surface area is 149 Å². The Morgan fingerprint density at radius 3 is 2.68 bits per heavy atom. The van der Waals surface area contributed by atoms with Crippen LogP contribution in [0.2, 0.25) is 5.02 Å². The van der Waals surface area contributed by atoms with Crippen molar-refractivity contribution in [2.24, 2.45) is 0 Å². The van der Waals surface area contributed by atoms with Crippen LogP contribution in [0.5, 0.6) is 11.5 Å². The molecule has 1 aliphatic rings. The van der Waals surface area contributed by atoms with E-state index in [1.807, 2.05) is 0 Å². The van der Waals surface area contributed by atoms with Crippen molar-refractivity contribution in [3.63, 3.8) is 0 Å². The van der Waals surface area contributed by atoms with Gasteiger partial charge in [0.05, 0.1) is 12.7 Å². The maximum Gasteiger partial charge on any atom is 0.260 e. The van der Waals surface area contributed by atoms with Crippen molar-refractivity contribution in [2.45, 2.75) is 6.54 Å². The quantitative estimate of drug-likeness (QED) is 0.577. The molecule has 0 spiro atoms. The highest BCUT2D eigenvalue weighted by Gasteiger charge is 2.27. The molecule has 25 heavy (non-hydrogen) atoms. The molecule has 128 valence electrons. The number of phenols is 1. The van der Waals surface area contributed by atoms with Crippen molar-refractivity contribution in [3.05, 3.63) is 64.3 Å². The molecule has 0 unspecified atom stereocenters. The highest BCUT2D eigenvalue weighted by molar-refractivity contribution is 6.34. The predicted molar refractivity (Wildman–Crippen MR) is 93.4 cm³/mol. The van der Waals surface area contributed by atoms with Crippen molar-refractivity contribution in [1.29, 1.82) is 0 Å². The summed E-state index contributed by atoms with van der Waals surface area (Å²) in [5.74, 6) is -0.526. The summed E-state index contributed by atoms with van der Waals surface area (Å²) in [4.78, 5) is 24.0. The highest BCUT2D eigenvalue weighted by Crippen LogP contribution is 2.28. The number of halogens is 1. The summed E-state index contributed by atoms with van der Waals surface area (Å²) >= 11 is 5.98. The molecule has 0 radical (unpaired) electrons. The molecule has 1 aliphatic heterocycles. The van der Waals surface area contributed by atoms with Crippen molar-refractivity contribution in [1.82, 2.24) is 10.6 Å². The molecule has 0 fully saturated rings. The average molecular weight is 359 g/mol. The molecule has 2 aromatic carbocycles. The first-order valence-corrected chi connectivity index (χ1v) is 7.82. The maximum atomic E-state index is 12.1. The van der Waals surface area contributed by atoms with Crippen LogP contribution in [-0.4, -0.2) is 24.0 Å². The second-order valence-corrected chi connectivity index (χ2v) is 5.85. The van der Waals surface area contributed by atoms with E-state index >= 15 is 0 Å². The van der Waals surface area contributed by atoms with Crippen LogP contribution in [0.4, 0.5) is 0 Å². The monoisotopic (exact) mass is 358 g/mol. The Morgan fingerprint density at radius 1 is 1.16 bits per heavy atom. The fourth-order valence-electron chi connectivity index (χ4n) is 2.56. The molecule has 0 saturated heterocycles. The number of carbonyl (C=O) groups is 2. The normalized spacial score (nSPS) is 14.9. The summed E-state index contributed by atoms with van der Waals surface area (Å²) in [5, 5.41) is 15.5. The third-order valence-electron chi connectivity index (χ3n) is 3.78. The lowest BCUT2D eigenvalue weighted by Gasteiger charge is -2.18. The molecule has 3 N–H and O–H groups in total. The lowest BCUT2D eigenvalue weighted by atomic mass is 9.95. The van der Waals surface area contributed by atoms with E-state index in [0.29, 0.717) is 34.0 Å². The van der Waals surface area contributed by atoms with Gasteiger partial charge >= 0.3 is 0 Å². The SMILES string of the molecule is COc1ccc(CN/C=C2\C(=O)NC(=O)c3ccc(Cl)cc32)cc1O. The van der Waals surface area contributed by atoms with Gasteiger partial charge in [-0.05, 0) is 35.9 Å². The van der Waals surface area contributed by atoms with Gasteiger partial charge in [0, 0.05) is 28.9 Å². The van der Waals surface area contributed by atoms with Gasteiger partial charge in [0.2, 0.25) is 0 Å². The minimum absolute atomic E-state index is 0.0348. The Bertz CT molecular complexity index is 893. The van der Waals surface area contributed by atoms with Gasteiger partial charge in [0.1, 0.15) is 0 Å². The van der Waals surface area contributed by atoms with E-state index in [1.54, 1.807) is 36.4 Å². The van der Waals surface area contributed by atoms with Crippen LogP contribution >= 0.6 is 11.6 Å². The van der Waals surface area contributed by atoms with Gasteiger partial charge < -0.3 is 15.2 Å². The molecule has 0 saturated carbocycles. The summed E-state index contributed by atoms with van der Waals surface area (Å²) < 4.78 is 4.99. The summed E-state index contributed by atoms with van der Waals surface area (Å²) in [6.45, 7) is 0.373. The van der Waals surface area contributed by atoms with Crippen LogP contribution < -0.4 is 15.4 Å². The maximum absolute atomic E-state index is 12.1. The first-order valence-electron chi connectivity index (χ1n) is 7.44. The molecule has 0 aliphatic carbocycles. The van der Waals surface area contributed by atoms with Gasteiger partial charge in [-0.3, -0.25) is 14.9 Å². The van der Waals surface area contributed by atoms with Gasteiger partial charge in [-0.2, -0.15) is 0 Å². The highest BCUT2D eigenvalue weighted by atomic mass is 35.5. The summed E-state index contributed by atoms with van der Waals surface area (Å²) in [6, 6.07) is 9.77. The molecule has 1 heterocycles. The van der Waals surface area contributed by atoms with E-state index in [1.165, 1.54) is 13.3 Å². The topological polar surface area (TPSA) is 87.7 Å². The van der Waals surface area contributed by atoms with Gasteiger partial charge in [-0.1, -0.05) is 17.7 Å². The Hall–Kier alpha value is -2.99. The molecule has 2 aromatic rings. The number of hydrogen-bond acceptors (Lipinski definition) is 5. The van der Waals surface area contributed by atoms with Gasteiger partial charge in [0.25, 0.3) is 11.8 Å². The van der Waals surface area contributed by atoms with E-state index in [2.05, 4.69) is 10.6 Å². The lowest BCUT2D eigenvalue weighted by molar-refractivity contribution is -0.114. The molecule has 0 aromatic heterocycles. The summed E-state index contributed by atoms with van der Waals surface area (Å²) in [5.41, 5.74) is 1.98. The molecule has 2 amide bonds. The van der Waals surface area contributed by atoms with Crippen LogP contribution in [-0.2, 0) is 11.3 Å². The number of methoxy groups -OCH3 is 1. The minimum Gasteiger partial charge on any atom is -0.504 e. The van der Waals surface area contributed by atoms with E-state index in [0.717, 1.165) is 5.56 Å². The fourth-order valence-corrected chi connectivity index (χ4v) is 2.73. The molecular weight excluding hydrogens is 344 g/mol. The van der Waals surface area contributed by atoms with Crippen molar-refractivity contribution in [3.8, 4) is 11.5 Å². The smallest absolute Gasteiger partial charge is 0.260 e. The van der Waals surface area contributed by atoms with Crippen molar-refractivity contribution < 1.29 is 19.4 Å². The second-order valence-electron chi connectivity index (χ2n) is 5.42. The van der Waals surface area contributed by atoms with Crippen molar-refractivity contribution >= 4 is 29.0 Å². The van der Waals surface area contributed by atoms with E-state index in [9.17, 15) is 14.7 Å². The zero-order valence-electron chi connectivity index (χ0n) is 13.3. The van der Waals surface area contributed by atoms with E-state index in [4.69, 9.17) is 16.3 Å². The summed E-state index contributed by atoms with van der Waals surface area (Å²) in [6.07, 6.45) is 1.53. The van der Waals surface area contributed by atoms with E-state index in [-0.39, 0.29) is 5.75 Å². The number of imide groups is 1. The van der Waals surface area contributed by atoms with Crippen LogP contribution in [0.3, 0.4) is 0 Å². The molecular formula is C18H15ClN2O4. The number of fused-ring (bicyclic) bond motifs is 1. The number of carbonyl (C=O) groups excluding carboxylic acids is 2. The Balaban J connectivity index is 1.83. The Morgan fingerprint density at radius 2 is 1.96 bits per heavy atom. The summed E-state index contributed by atoms with van der Waals surface area (Å²) in [7, 11) is 1.48. The number of hydrogen-bond donors (Lipinski definition) is 3. The molecule has 3 rings (SSSR count). The van der Waals surface area contributed by atoms with Crippen LogP contribution in [0.15, 0.2) is 42.6 Å². The van der Waals surface area contributed by atoms with Gasteiger partial charge in [-0.15, -0.1) is 0 Å². The van der Waals surface area contributed by atoms with Crippen LogP contribution in [0.1, 0.15) is 21.5 Å². The number of aromatic hydroxyl groups is 1. The number of nitrogens with one attached hydrogen (secondary N) is 2. The molecule has 6 nitrogen and oxygen atoms in total. The van der Waals surface area contributed by atoms with Crippen LogP contribution in [0.25, 0.3) is 5.57 Å². The van der Waals surface area contributed by atoms with Crippen LogP contribution in [0, 0.1) is 0 Å². The number of phenolic OH excluding ortho intramolecular Hbond substituents is 1. The molecule has 0 bridgehead atoms. The second kappa shape index (κ2) is 6.86. The first kappa shape index (κ1) is 16.9. The third-order valence-corrected chi connectivity index (χ3v) is 4.02. The first-order chi connectivity index (χ1) is 12.0. The minimum atomic E-state index is -0.496. The van der Waals surface area contributed by atoms with E-state index < -0.39 is 11.8 Å². The number of ether oxygens (including phenoxy) is 1. The zero-order valence-corrected chi connectivity index (χ0v) is 14.1. The fraction of sp³-hybridized carbons (Fsp3) is 0.111. The van der Waals surface area contributed by atoms with Crippen molar-refractivity contribution in [2.75, 3.05) is 7.11 Å². The number of amides is 2. The number of benzene rings is 2. The largest absolute Gasteiger partial charge is 0.504 e. The molecule has 0 atom stereocenters. The molecule has 7 heteroatoms. The van der Waals surface area contributed by atoms with Gasteiger partial charge in [0.15, 0.2) is 11.5 Å². The number of rotatable bonds is 4. The zero-order chi connectivity index (χ0) is 18.0. The van der Waals surface area contributed by atoms with Gasteiger partial charge in [-0.25, -0.2) is 0 Å². The predicted octanol–water partition coefficient (Wildman–Crippen LogP) is 2.45. The Kier molecular flexibility index (Phi) is 4.63. The average Bonchev–Trinajstić information content (AvgIpc) is 2.57.